The second-order valence-electron chi connectivity index (χ2n) is 4.13. The Morgan fingerprint density at radius 2 is 2.22 bits per heavy atom. The molecule has 0 radical (unpaired) electrons. The maximum Gasteiger partial charge on any atom is 0.330 e. The predicted molar refractivity (Wildman–Crippen MR) is 66.3 cm³/mol. The zero-order valence-corrected chi connectivity index (χ0v) is 11.0. The number of nitrogens with one attached hydrogen (secondary N) is 1. The van der Waals surface area contributed by atoms with E-state index < -0.39 is 35.1 Å². The fourth-order valence-electron chi connectivity index (χ4n) is 1.83. The fraction of sp³-hybridized carbons (Fsp3) is 0.600. The molecular weight excluding hydrogens is 283 g/mol. The molecule has 0 saturated carbocycles. The van der Waals surface area contributed by atoms with Gasteiger partial charge in [0, 0.05) is 11.8 Å². The molecule has 2 rings (SSSR count). The number of halogens is 2. The number of hydrogen-bond donors (Lipinski definition) is 2. The normalized spacial score (nSPS) is 31.8. The molecule has 0 aromatic carbocycles. The van der Waals surface area contributed by atoms with E-state index in [9.17, 15) is 14.7 Å². The fourth-order valence-corrected chi connectivity index (χ4v) is 2.43. The van der Waals surface area contributed by atoms with E-state index in [0.717, 1.165) is 4.57 Å². The highest BCUT2D eigenvalue weighted by Gasteiger charge is 2.43. The topological polar surface area (TPSA) is 84.3 Å². The van der Waals surface area contributed by atoms with Crippen LogP contribution in [0.2, 0.25) is 0 Å². The van der Waals surface area contributed by atoms with E-state index in [0.29, 0.717) is 5.56 Å². The molecule has 100 valence electrons. The number of aryl methyl sites for hydroxylation is 1. The third-order valence-corrected chi connectivity index (χ3v) is 3.64. The SMILES string of the molecule is Cc1cn([C@@H]2O[C@H](CCl)[C@@H](O)[C@H]2Cl)c(=O)[nH]c1=O. The van der Waals surface area contributed by atoms with Crippen LogP contribution in [0, 0.1) is 6.92 Å². The number of rotatable bonds is 2. The number of H-pyrrole nitrogens is 1. The van der Waals surface area contributed by atoms with Crippen LogP contribution in [0.25, 0.3) is 0 Å². The molecule has 1 aliphatic heterocycles. The summed E-state index contributed by atoms with van der Waals surface area (Å²) < 4.78 is 6.58. The number of alkyl halides is 2. The number of aliphatic hydroxyl groups excluding tert-OH is 1. The lowest BCUT2D eigenvalue weighted by atomic mass is 10.2. The van der Waals surface area contributed by atoms with Gasteiger partial charge in [-0.1, -0.05) is 0 Å². The molecule has 8 heteroatoms. The van der Waals surface area contributed by atoms with Gasteiger partial charge in [0.1, 0.15) is 17.6 Å². The van der Waals surface area contributed by atoms with Crippen molar-refractivity contribution in [2.75, 3.05) is 5.88 Å². The summed E-state index contributed by atoms with van der Waals surface area (Å²) in [7, 11) is 0. The van der Waals surface area contributed by atoms with E-state index >= 15 is 0 Å². The van der Waals surface area contributed by atoms with Gasteiger partial charge in [0.15, 0.2) is 6.23 Å². The Kier molecular flexibility index (Phi) is 3.82. The van der Waals surface area contributed by atoms with Gasteiger partial charge in [-0.25, -0.2) is 4.79 Å². The van der Waals surface area contributed by atoms with Crippen molar-refractivity contribution in [3.05, 3.63) is 32.6 Å². The first-order chi connectivity index (χ1) is 8.45. The maximum absolute atomic E-state index is 11.7. The van der Waals surface area contributed by atoms with Crippen LogP contribution < -0.4 is 11.2 Å². The lowest BCUT2D eigenvalue weighted by molar-refractivity contribution is -0.00805. The first-order valence-electron chi connectivity index (χ1n) is 5.31. The lowest BCUT2D eigenvalue weighted by Crippen LogP contribution is -2.36. The Balaban J connectivity index is 2.42. The highest BCUT2D eigenvalue weighted by molar-refractivity contribution is 6.22. The van der Waals surface area contributed by atoms with Crippen molar-refractivity contribution in [2.24, 2.45) is 0 Å². The van der Waals surface area contributed by atoms with Gasteiger partial charge >= 0.3 is 5.69 Å². The smallest absolute Gasteiger partial charge is 0.330 e. The second kappa shape index (κ2) is 5.05. The Morgan fingerprint density at radius 1 is 1.56 bits per heavy atom. The molecular formula is C10H12Cl2N2O4. The first kappa shape index (κ1) is 13.6. The molecule has 2 N–H and O–H groups in total. The van der Waals surface area contributed by atoms with Crippen molar-refractivity contribution in [1.82, 2.24) is 9.55 Å². The van der Waals surface area contributed by atoms with Crippen molar-refractivity contribution in [1.29, 1.82) is 0 Å². The quantitative estimate of drug-likeness (QED) is 0.749. The molecule has 0 bridgehead atoms. The zero-order valence-electron chi connectivity index (χ0n) is 9.47. The Hall–Kier alpha value is -0.820. The second-order valence-corrected chi connectivity index (χ2v) is 4.95. The summed E-state index contributed by atoms with van der Waals surface area (Å²) in [6.45, 7) is 1.56. The molecule has 1 aromatic heterocycles. The maximum atomic E-state index is 11.7. The van der Waals surface area contributed by atoms with Crippen LogP contribution >= 0.6 is 23.2 Å². The molecule has 1 saturated heterocycles. The van der Waals surface area contributed by atoms with Crippen molar-refractivity contribution >= 4 is 23.2 Å². The summed E-state index contributed by atoms with van der Waals surface area (Å²) in [5.74, 6) is 0.0674. The van der Waals surface area contributed by atoms with E-state index in [1.165, 1.54) is 6.20 Å². The minimum atomic E-state index is -0.965. The minimum absolute atomic E-state index is 0.0674. The number of aliphatic hydroxyl groups is 1. The van der Waals surface area contributed by atoms with Gasteiger partial charge in [-0.05, 0) is 6.92 Å². The summed E-state index contributed by atoms with van der Waals surface area (Å²) in [6.07, 6.45) is -1.11. The van der Waals surface area contributed by atoms with Crippen LogP contribution in [-0.4, -0.2) is 38.1 Å². The van der Waals surface area contributed by atoms with Gasteiger partial charge in [-0.15, -0.1) is 23.2 Å². The molecule has 18 heavy (non-hydrogen) atoms. The van der Waals surface area contributed by atoms with Crippen molar-refractivity contribution < 1.29 is 9.84 Å². The molecule has 1 fully saturated rings. The Labute approximate surface area is 112 Å². The predicted octanol–water partition coefficient (Wildman–Crippen LogP) is -0.0505. The van der Waals surface area contributed by atoms with Gasteiger partial charge in [0.25, 0.3) is 5.56 Å². The molecule has 0 unspecified atom stereocenters. The van der Waals surface area contributed by atoms with E-state index in [-0.39, 0.29) is 5.88 Å². The molecule has 4 atom stereocenters. The van der Waals surface area contributed by atoms with Crippen LogP contribution in [0.4, 0.5) is 0 Å². The van der Waals surface area contributed by atoms with Gasteiger partial charge in [-0.2, -0.15) is 0 Å². The van der Waals surface area contributed by atoms with E-state index in [4.69, 9.17) is 27.9 Å². The third kappa shape index (κ3) is 2.21. The Morgan fingerprint density at radius 3 is 2.78 bits per heavy atom. The molecule has 0 spiro atoms. The van der Waals surface area contributed by atoms with E-state index in [1.54, 1.807) is 6.92 Å². The number of hydrogen-bond acceptors (Lipinski definition) is 4. The highest BCUT2D eigenvalue weighted by atomic mass is 35.5. The molecule has 0 amide bonds. The number of aromatic amines is 1. The van der Waals surface area contributed by atoms with Gasteiger partial charge in [0.05, 0.1) is 5.88 Å². The van der Waals surface area contributed by atoms with Crippen molar-refractivity contribution in [3.8, 4) is 0 Å². The minimum Gasteiger partial charge on any atom is -0.389 e. The molecule has 1 aliphatic rings. The Bertz CT molecular complexity index is 556. The first-order valence-corrected chi connectivity index (χ1v) is 6.28. The average molecular weight is 295 g/mol. The molecule has 0 aliphatic carbocycles. The average Bonchev–Trinajstić information content (AvgIpc) is 2.61. The zero-order chi connectivity index (χ0) is 13.4. The van der Waals surface area contributed by atoms with Crippen LogP contribution in [0.5, 0.6) is 0 Å². The standard InChI is InChI=1S/C10H12Cl2N2O4/c1-4-3-14(10(17)13-8(4)16)9-6(12)7(15)5(2-11)18-9/h3,5-7,9,15H,2H2,1H3,(H,13,16,17)/t5-,6-,7-,9-/m1/s1. The van der Waals surface area contributed by atoms with E-state index in [2.05, 4.69) is 4.98 Å². The molecule has 2 heterocycles. The number of ether oxygens (including phenoxy) is 1. The van der Waals surface area contributed by atoms with Crippen LogP contribution in [0.3, 0.4) is 0 Å². The summed E-state index contributed by atoms with van der Waals surface area (Å²) in [5.41, 5.74) is -0.746. The van der Waals surface area contributed by atoms with Gasteiger partial charge in [0.2, 0.25) is 0 Å². The third-order valence-electron chi connectivity index (χ3n) is 2.87. The monoisotopic (exact) mass is 294 g/mol. The summed E-state index contributed by atoms with van der Waals surface area (Å²) in [5, 5.41) is 8.97. The summed E-state index contributed by atoms with van der Waals surface area (Å²) >= 11 is 11.6. The van der Waals surface area contributed by atoms with Crippen LogP contribution in [0.15, 0.2) is 15.8 Å². The van der Waals surface area contributed by atoms with Crippen molar-refractivity contribution in [3.63, 3.8) is 0 Å². The number of nitrogens with zero attached hydrogens (tertiary/aromatic N) is 1. The summed E-state index contributed by atoms with van der Waals surface area (Å²) in [6, 6.07) is 0. The molecule has 1 aromatic rings. The number of aromatic nitrogens is 2. The van der Waals surface area contributed by atoms with Gasteiger partial charge < -0.3 is 9.84 Å². The highest BCUT2D eigenvalue weighted by Crippen LogP contribution is 2.32. The largest absolute Gasteiger partial charge is 0.389 e. The van der Waals surface area contributed by atoms with Crippen LogP contribution in [-0.2, 0) is 4.74 Å². The van der Waals surface area contributed by atoms with Gasteiger partial charge in [-0.3, -0.25) is 14.3 Å². The van der Waals surface area contributed by atoms with Crippen LogP contribution in [0.1, 0.15) is 11.8 Å². The lowest BCUT2D eigenvalue weighted by Gasteiger charge is -2.16. The summed E-state index contributed by atoms with van der Waals surface area (Å²) in [4.78, 5) is 25.1. The van der Waals surface area contributed by atoms with E-state index in [1.807, 2.05) is 0 Å². The van der Waals surface area contributed by atoms with Crippen molar-refractivity contribution in [2.45, 2.75) is 30.7 Å². The molecule has 6 nitrogen and oxygen atoms in total.